The first-order valence-electron chi connectivity index (χ1n) is 4.93. The third-order valence-corrected chi connectivity index (χ3v) is 4.00. The third-order valence-electron chi connectivity index (χ3n) is 4.00. The smallest absolute Gasteiger partial charge is 0.310 e. The zero-order valence-electron chi connectivity index (χ0n) is 7.09. The summed E-state index contributed by atoms with van der Waals surface area (Å²) >= 11 is 0. The molecule has 0 aromatic carbocycles. The first-order valence-corrected chi connectivity index (χ1v) is 4.93. The summed E-state index contributed by atoms with van der Waals surface area (Å²) in [5.41, 5.74) is 0. The van der Waals surface area contributed by atoms with E-state index in [1.54, 1.807) is 0 Å². The average molecular weight is 174 g/mol. The SMILES string of the molecule is O=C1O[C@H]2C=C[C@H]3[C@@H]4C=C[C@H]2[C@H]1[C@H]43. The van der Waals surface area contributed by atoms with Crippen LogP contribution in [0.3, 0.4) is 0 Å². The van der Waals surface area contributed by atoms with Gasteiger partial charge in [-0.1, -0.05) is 18.2 Å². The lowest BCUT2D eigenvalue weighted by atomic mass is 9.83. The van der Waals surface area contributed by atoms with E-state index in [2.05, 4.69) is 24.3 Å². The van der Waals surface area contributed by atoms with Crippen molar-refractivity contribution < 1.29 is 9.53 Å². The molecule has 3 aliphatic carbocycles. The quantitative estimate of drug-likeness (QED) is 0.406. The summed E-state index contributed by atoms with van der Waals surface area (Å²) in [6, 6.07) is 0. The van der Waals surface area contributed by atoms with Crippen molar-refractivity contribution in [3.63, 3.8) is 0 Å². The number of esters is 1. The molecule has 0 radical (unpaired) electrons. The number of carbonyl (C=O) groups excluding carboxylic acids is 1. The van der Waals surface area contributed by atoms with Crippen molar-refractivity contribution >= 4 is 5.97 Å². The molecule has 0 unspecified atom stereocenters. The van der Waals surface area contributed by atoms with E-state index < -0.39 is 0 Å². The predicted molar refractivity (Wildman–Crippen MR) is 45.6 cm³/mol. The molecular weight excluding hydrogens is 164 g/mol. The van der Waals surface area contributed by atoms with Crippen molar-refractivity contribution in [1.29, 1.82) is 0 Å². The Morgan fingerprint density at radius 1 is 1.00 bits per heavy atom. The minimum atomic E-state index is 0.0428. The highest BCUT2D eigenvalue weighted by Gasteiger charge is 2.63. The van der Waals surface area contributed by atoms with E-state index in [9.17, 15) is 4.79 Å². The molecule has 1 saturated heterocycles. The summed E-state index contributed by atoms with van der Waals surface area (Å²) in [7, 11) is 0. The van der Waals surface area contributed by atoms with Gasteiger partial charge in [0.1, 0.15) is 6.10 Å². The number of allylic oxidation sites excluding steroid dienone is 2. The van der Waals surface area contributed by atoms with Gasteiger partial charge in [0.15, 0.2) is 0 Å². The number of hydrogen-bond acceptors (Lipinski definition) is 2. The van der Waals surface area contributed by atoms with Crippen LogP contribution >= 0.6 is 0 Å². The monoisotopic (exact) mass is 174 g/mol. The van der Waals surface area contributed by atoms with Crippen LogP contribution in [0.4, 0.5) is 0 Å². The lowest BCUT2D eigenvalue weighted by Crippen LogP contribution is -2.21. The van der Waals surface area contributed by atoms with Gasteiger partial charge in [0.05, 0.1) is 5.92 Å². The fourth-order valence-electron chi connectivity index (χ4n) is 3.33. The van der Waals surface area contributed by atoms with E-state index in [4.69, 9.17) is 4.74 Å². The van der Waals surface area contributed by atoms with E-state index >= 15 is 0 Å². The second-order valence-electron chi connectivity index (χ2n) is 4.51. The highest BCUT2D eigenvalue weighted by atomic mass is 16.6. The Hall–Kier alpha value is -1.05. The van der Waals surface area contributed by atoms with Gasteiger partial charge in [0.25, 0.3) is 0 Å². The third kappa shape index (κ3) is 0.578. The molecule has 6 atom stereocenters. The normalized spacial score (nSPS) is 58.9. The largest absolute Gasteiger partial charge is 0.457 e. The molecular formula is C11H10O2. The van der Waals surface area contributed by atoms with Gasteiger partial charge in [-0.25, -0.2) is 0 Å². The van der Waals surface area contributed by atoms with E-state index in [0.29, 0.717) is 23.7 Å². The van der Waals surface area contributed by atoms with Crippen LogP contribution in [0.2, 0.25) is 0 Å². The van der Waals surface area contributed by atoms with Gasteiger partial charge in [0.2, 0.25) is 0 Å². The first-order chi connectivity index (χ1) is 6.36. The second-order valence-corrected chi connectivity index (χ2v) is 4.51. The minimum Gasteiger partial charge on any atom is -0.457 e. The lowest BCUT2D eigenvalue weighted by molar-refractivity contribution is -0.143. The summed E-state index contributed by atoms with van der Waals surface area (Å²) in [6.45, 7) is 0. The molecule has 2 fully saturated rings. The number of ether oxygens (including phenoxy) is 1. The van der Waals surface area contributed by atoms with Crippen molar-refractivity contribution in [2.45, 2.75) is 6.10 Å². The van der Waals surface area contributed by atoms with Crippen LogP contribution in [0.15, 0.2) is 24.3 Å². The van der Waals surface area contributed by atoms with Crippen molar-refractivity contribution in [1.82, 2.24) is 0 Å². The molecule has 66 valence electrons. The van der Waals surface area contributed by atoms with Crippen molar-refractivity contribution in [3.05, 3.63) is 24.3 Å². The summed E-state index contributed by atoms with van der Waals surface area (Å²) in [5, 5.41) is 0. The fourth-order valence-corrected chi connectivity index (χ4v) is 3.33. The topological polar surface area (TPSA) is 26.3 Å². The molecule has 2 nitrogen and oxygen atoms in total. The molecule has 1 saturated carbocycles. The van der Waals surface area contributed by atoms with E-state index in [1.807, 2.05) is 0 Å². The van der Waals surface area contributed by atoms with Crippen LogP contribution in [0.5, 0.6) is 0 Å². The number of carbonyl (C=O) groups is 1. The Bertz CT molecular complexity index is 355. The van der Waals surface area contributed by atoms with Crippen LogP contribution < -0.4 is 0 Å². The van der Waals surface area contributed by atoms with Crippen molar-refractivity contribution in [2.24, 2.45) is 29.6 Å². The molecule has 4 bridgehead atoms. The summed E-state index contributed by atoms with van der Waals surface area (Å²) in [6.07, 6.45) is 8.88. The van der Waals surface area contributed by atoms with Gasteiger partial charge < -0.3 is 4.74 Å². The van der Waals surface area contributed by atoms with Gasteiger partial charge in [-0.05, 0) is 23.8 Å². The maximum Gasteiger partial charge on any atom is 0.310 e. The van der Waals surface area contributed by atoms with Crippen LogP contribution in [0, 0.1) is 29.6 Å². The summed E-state index contributed by atoms with van der Waals surface area (Å²) in [5.74, 6) is 2.43. The highest BCUT2D eigenvalue weighted by Crippen LogP contribution is 2.62. The maximum absolute atomic E-state index is 11.5. The van der Waals surface area contributed by atoms with Gasteiger partial charge in [0, 0.05) is 5.92 Å². The standard InChI is InChI=1S/C11H10O2/c12-11-10-7-2-1-5-6(9(5)10)3-4-8(7)13-11/h1-10H/t5-,6-,7+,8-,9+,10-/m0/s1. The van der Waals surface area contributed by atoms with Gasteiger partial charge in [-0.2, -0.15) is 0 Å². The Labute approximate surface area is 76.3 Å². The molecule has 0 spiro atoms. The van der Waals surface area contributed by atoms with E-state index in [0.717, 1.165) is 0 Å². The van der Waals surface area contributed by atoms with Crippen LogP contribution in [-0.2, 0) is 9.53 Å². The molecule has 13 heavy (non-hydrogen) atoms. The molecule has 1 heterocycles. The molecule has 2 heteroatoms. The first kappa shape index (κ1) is 6.41. The number of hydrogen-bond donors (Lipinski definition) is 0. The molecule has 0 aromatic rings. The zero-order valence-corrected chi connectivity index (χ0v) is 7.09. The predicted octanol–water partition coefficient (Wildman–Crippen LogP) is 1.15. The second kappa shape index (κ2) is 1.74. The molecule has 0 N–H and O–H groups in total. The van der Waals surface area contributed by atoms with Crippen molar-refractivity contribution in [2.75, 3.05) is 0 Å². The summed E-state index contributed by atoms with van der Waals surface area (Å²) < 4.78 is 5.32. The van der Waals surface area contributed by atoms with Crippen molar-refractivity contribution in [3.8, 4) is 0 Å². The Balaban J connectivity index is 1.94. The average Bonchev–Trinajstić information content (AvgIpc) is 2.72. The highest BCUT2D eigenvalue weighted by molar-refractivity contribution is 5.78. The lowest BCUT2D eigenvalue weighted by Gasteiger charge is -2.16. The van der Waals surface area contributed by atoms with Crippen LogP contribution in [0.25, 0.3) is 0 Å². The number of fused-ring (bicyclic) bond motifs is 1. The molecule has 4 aliphatic rings. The molecule has 4 rings (SSSR count). The zero-order chi connectivity index (χ0) is 8.58. The van der Waals surface area contributed by atoms with Gasteiger partial charge in [-0.3, -0.25) is 4.79 Å². The molecule has 0 aromatic heterocycles. The van der Waals surface area contributed by atoms with Crippen LogP contribution in [-0.4, -0.2) is 12.1 Å². The molecule has 0 amide bonds. The minimum absolute atomic E-state index is 0.0428. The molecule has 1 aliphatic heterocycles. The fraction of sp³-hybridized carbons (Fsp3) is 0.545. The van der Waals surface area contributed by atoms with E-state index in [-0.39, 0.29) is 18.0 Å². The maximum atomic E-state index is 11.5. The Morgan fingerprint density at radius 3 is 2.54 bits per heavy atom. The van der Waals surface area contributed by atoms with Gasteiger partial charge >= 0.3 is 5.97 Å². The van der Waals surface area contributed by atoms with E-state index in [1.165, 1.54) is 0 Å². The Kier molecular flexibility index (Phi) is 0.859. The number of rotatable bonds is 0. The van der Waals surface area contributed by atoms with Crippen LogP contribution in [0.1, 0.15) is 0 Å². The Morgan fingerprint density at radius 2 is 1.69 bits per heavy atom. The van der Waals surface area contributed by atoms with Gasteiger partial charge in [-0.15, -0.1) is 0 Å². The summed E-state index contributed by atoms with van der Waals surface area (Å²) in [4.78, 5) is 11.5.